The molecule has 0 saturated carbocycles. The molecule has 5 heteroatoms. The van der Waals surface area contributed by atoms with Gasteiger partial charge < -0.3 is 0 Å². The van der Waals surface area contributed by atoms with Crippen LogP contribution in [-0.2, 0) is 4.79 Å². The average molecular weight is 257 g/mol. The minimum Gasteiger partial charge on any atom is -0.300 e. The first-order valence-corrected chi connectivity index (χ1v) is 5.76. The van der Waals surface area contributed by atoms with E-state index in [-0.39, 0.29) is 17.8 Å². The van der Waals surface area contributed by atoms with E-state index in [1.165, 1.54) is 4.90 Å². The number of aliphatic imine (C=N–C) groups is 1. The van der Waals surface area contributed by atoms with E-state index < -0.39 is 0 Å². The number of hydrogen-bond acceptors (Lipinski definition) is 2. The average Bonchev–Trinajstić information content (AvgIpc) is 2.78. The molecule has 0 bridgehead atoms. The topological polar surface area (TPSA) is 32.7 Å². The molecule has 0 aromatic heterocycles. The highest BCUT2D eigenvalue weighted by Gasteiger charge is 2.22. The number of carbonyl (C=O) groups excluding carboxylic acids is 1. The summed E-state index contributed by atoms with van der Waals surface area (Å²) < 4.78 is 0. The van der Waals surface area contributed by atoms with Crippen LogP contribution in [0.4, 0.5) is 0 Å². The SMILES string of the molecule is O=C(CCl)N1C=NC(c2ccc(Cl)cc2)C1. The van der Waals surface area contributed by atoms with Gasteiger partial charge in [0.1, 0.15) is 5.88 Å². The molecule has 1 aliphatic rings. The molecule has 0 N–H and O–H groups in total. The molecule has 16 heavy (non-hydrogen) atoms. The summed E-state index contributed by atoms with van der Waals surface area (Å²) in [7, 11) is 0. The molecule has 1 amide bonds. The zero-order chi connectivity index (χ0) is 11.5. The van der Waals surface area contributed by atoms with Crippen LogP contribution in [0.25, 0.3) is 0 Å². The second-order valence-corrected chi connectivity index (χ2v) is 4.22. The normalized spacial score (nSPS) is 19.1. The van der Waals surface area contributed by atoms with Gasteiger partial charge in [-0.3, -0.25) is 14.7 Å². The second-order valence-electron chi connectivity index (χ2n) is 3.51. The van der Waals surface area contributed by atoms with Gasteiger partial charge in [0.25, 0.3) is 0 Å². The minimum absolute atomic E-state index is 0.00978. The summed E-state index contributed by atoms with van der Waals surface area (Å²) in [5, 5.41) is 0.694. The summed E-state index contributed by atoms with van der Waals surface area (Å²) in [6.07, 6.45) is 1.55. The fourth-order valence-electron chi connectivity index (χ4n) is 1.56. The first-order valence-electron chi connectivity index (χ1n) is 4.85. The van der Waals surface area contributed by atoms with Crippen molar-refractivity contribution in [3.63, 3.8) is 0 Å². The van der Waals surface area contributed by atoms with Crippen molar-refractivity contribution < 1.29 is 4.79 Å². The van der Waals surface area contributed by atoms with Crippen LogP contribution in [0, 0.1) is 0 Å². The van der Waals surface area contributed by atoms with Crippen molar-refractivity contribution in [1.82, 2.24) is 4.90 Å². The van der Waals surface area contributed by atoms with Crippen molar-refractivity contribution in [2.75, 3.05) is 12.4 Å². The summed E-state index contributed by atoms with van der Waals surface area (Å²) >= 11 is 11.3. The zero-order valence-electron chi connectivity index (χ0n) is 8.44. The van der Waals surface area contributed by atoms with Gasteiger partial charge in [-0.25, -0.2) is 0 Å². The fraction of sp³-hybridized carbons (Fsp3) is 0.273. The Morgan fingerprint density at radius 1 is 1.44 bits per heavy atom. The molecule has 2 rings (SSSR count). The standard InChI is InChI=1S/C11H10Cl2N2O/c12-5-11(16)15-6-10(14-7-15)8-1-3-9(13)4-2-8/h1-4,7,10H,5-6H2. The largest absolute Gasteiger partial charge is 0.300 e. The third kappa shape index (κ3) is 2.36. The monoisotopic (exact) mass is 256 g/mol. The lowest BCUT2D eigenvalue weighted by Gasteiger charge is -2.13. The third-order valence-electron chi connectivity index (χ3n) is 2.45. The number of amides is 1. The minimum atomic E-state index is -0.123. The first-order chi connectivity index (χ1) is 7.70. The van der Waals surface area contributed by atoms with Gasteiger partial charge in [-0.05, 0) is 17.7 Å². The van der Waals surface area contributed by atoms with E-state index in [4.69, 9.17) is 23.2 Å². The number of hydrogen-bond donors (Lipinski definition) is 0. The Hall–Kier alpha value is -1.06. The number of carbonyl (C=O) groups is 1. The van der Waals surface area contributed by atoms with E-state index in [1.54, 1.807) is 6.34 Å². The number of benzene rings is 1. The predicted octanol–water partition coefficient (Wildman–Crippen LogP) is 2.49. The molecular formula is C11H10Cl2N2O. The summed E-state index contributed by atoms with van der Waals surface area (Å²) in [6.45, 7) is 0.549. The summed E-state index contributed by atoms with van der Waals surface area (Å²) in [4.78, 5) is 17.1. The Bertz CT molecular complexity index is 416. The predicted molar refractivity (Wildman–Crippen MR) is 65.1 cm³/mol. The van der Waals surface area contributed by atoms with E-state index in [0.717, 1.165) is 5.56 Å². The molecule has 1 aromatic rings. The van der Waals surface area contributed by atoms with Crippen LogP contribution >= 0.6 is 23.2 Å². The Balaban J connectivity index is 2.07. The van der Waals surface area contributed by atoms with Crippen LogP contribution in [-0.4, -0.2) is 29.6 Å². The number of alkyl halides is 1. The van der Waals surface area contributed by atoms with E-state index in [1.807, 2.05) is 24.3 Å². The highest BCUT2D eigenvalue weighted by molar-refractivity contribution is 6.30. The molecule has 0 saturated heterocycles. The molecule has 1 heterocycles. The van der Waals surface area contributed by atoms with Crippen molar-refractivity contribution in [1.29, 1.82) is 0 Å². The van der Waals surface area contributed by atoms with Crippen molar-refractivity contribution in [3.8, 4) is 0 Å². The summed E-state index contributed by atoms with van der Waals surface area (Å²) in [5.74, 6) is -0.138. The summed E-state index contributed by atoms with van der Waals surface area (Å²) in [6, 6.07) is 7.46. The molecule has 0 spiro atoms. The Labute approximate surface area is 104 Å². The van der Waals surface area contributed by atoms with Gasteiger partial charge >= 0.3 is 0 Å². The maximum Gasteiger partial charge on any atom is 0.242 e. The van der Waals surface area contributed by atoms with Crippen molar-refractivity contribution in [2.24, 2.45) is 4.99 Å². The quantitative estimate of drug-likeness (QED) is 0.749. The van der Waals surface area contributed by atoms with E-state index in [0.29, 0.717) is 11.6 Å². The van der Waals surface area contributed by atoms with Crippen LogP contribution in [0.3, 0.4) is 0 Å². The summed E-state index contributed by atoms with van der Waals surface area (Å²) in [5.41, 5.74) is 1.05. The van der Waals surface area contributed by atoms with Gasteiger partial charge in [-0.15, -0.1) is 11.6 Å². The van der Waals surface area contributed by atoms with Crippen LogP contribution < -0.4 is 0 Å². The lowest BCUT2D eigenvalue weighted by Crippen LogP contribution is -2.29. The molecule has 1 aliphatic heterocycles. The van der Waals surface area contributed by atoms with E-state index in [9.17, 15) is 4.79 Å². The van der Waals surface area contributed by atoms with Crippen LogP contribution in [0.5, 0.6) is 0 Å². The number of nitrogens with zero attached hydrogens (tertiary/aromatic N) is 2. The van der Waals surface area contributed by atoms with Crippen molar-refractivity contribution >= 4 is 35.4 Å². The van der Waals surface area contributed by atoms with Gasteiger partial charge in [0.2, 0.25) is 5.91 Å². The van der Waals surface area contributed by atoms with E-state index >= 15 is 0 Å². The molecule has 84 valence electrons. The molecule has 1 atom stereocenters. The fourth-order valence-corrected chi connectivity index (χ4v) is 1.84. The number of halogens is 2. The Morgan fingerprint density at radius 2 is 2.12 bits per heavy atom. The van der Waals surface area contributed by atoms with Crippen LogP contribution in [0.1, 0.15) is 11.6 Å². The van der Waals surface area contributed by atoms with Gasteiger partial charge in [-0.1, -0.05) is 23.7 Å². The maximum absolute atomic E-state index is 11.3. The Morgan fingerprint density at radius 3 is 2.75 bits per heavy atom. The van der Waals surface area contributed by atoms with E-state index in [2.05, 4.69) is 4.99 Å². The van der Waals surface area contributed by atoms with Crippen LogP contribution in [0.15, 0.2) is 29.3 Å². The van der Waals surface area contributed by atoms with Gasteiger partial charge in [0, 0.05) is 5.02 Å². The second kappa shape index (κ2) is 4.85. The maximum atomic E-state index is 11.3. The number of rotatable bonds is 2. The highest BCUT2D eigenvalue weighted by atomic mass is 35.5. The van der Waals surface area contributed by atoms with Gasteiger partial charge in [0.15, 0.2) is 0 Å². The van der Waals surface area contributed by atoms with Gasteiger partial charge in [0.05, 0.1) is 18.9 Å². The van der Waals surface area contributed by atoms with Crippen molar-refractivity contribution in [2.45, 2.75) is 6.04 Å². The Kier molecular flexibility index (Phi) is 3.46. The molecule has 1 unspecified atom stereocenters. The lowest BCUT2D eigenvalue weighted by molar-refractivity contribution is -0.124. The highest BCUT2D eigenvalue weighted by Crippen LogP contribution is 2.23. The first kappa shape index (κ1) is 11.4. The lowest BCUT2D eigenvalue weighted by atomic mass is 10.1. The molecule has 1 aromatic carbocycles. The molecule has 0 fully saturated rings. The van der Waals surface area contributed by atoms with Crippen LogP contribution in [0.2, 0.25) is 5.02 Å². The van der Waals surface area contributed by atoms with Crippen molar-refractivity contribution in [3.05, 3.63) is 34.9 Å². The third-order valence-corrected chi connectivity index (χ3v) is 2.93. The molecule has 3 nitrogen and oxygen atoms in total. The van der Waals surface area contributed by atoms with Gasteiger partial charge in [-0.2, -0.15) is 0 Å². The smallest absolute Gasteiger partial charge is 0.242 e. The molecular weight excluding hydrogens is 247 g/mol. The molecule has 0 aliphatic carbocycles. The zero-order valence-corrected chi connectivity index (χ0v) is 9.95. The molecule has 0 radical (unpaired) electrons.